The Morgan fingerprint density at radius 1 is 1.12 bits per heavy atom. The van der Waals surface area contributed by atoms with Gasteiger partial charge in [-0.05, 0) is 61.8 Å². The van der Waals surface area contributed by atoms with E-state index in [0.29, 0.717) is 38.4 Å². The second-order valence-corrected chi connectivity index (χ2v) is 8.76. The lowest BCUT2D eigenvalue weighted by atomic mass is 9.80. The summed E-state index contributed by atoms with van der Waals surface area (Å²) in [5.74, 6) is -0.864. The normalized spacial score (nSPS) is 18.1. The van der Waals surface area contributed by atoms with Gasteiger partial charge in [0.05, 0.1) is 25.9 Å². The second-order valence-electron chi connectivity index (χ2n) is 8.76. The van der Waals surface area contributed by atoms with Gasteiger partial charge in [-0.3, -0.25) is 0 Å². The maximum Gasteiger partial charge on any atom is 0.165 e. The summed E-state index contributed by atoms with van der Waals surface area (Å²) in [5.41, 5.74) is 1.41. The molecule has 2 heterocycles. The molecular formula is C25H29F2N3O3. The predicted molar refractivity (Wildman–Crippen MR) is 120 cm³/mol. The van der Waals surface area contributed by atoms with Crippen LogP contribution in [0.25, 0.3) is 0 Å². The molecule has 0 saturated carbocycles. The number of halogens is 2. The molecule has 0 unspecified atom stereocenters. The third-order valence-electron chi connectivity index (χ3n) is 6.48. The molecule has 1 spiro atoms. The lowest BCUT2D eigenvalue weighted by Crippen LogP contribution is -2.48. The van der Waals surface area contributed by atoms with Gasteiger partial charge >= 0.3 is 0 Å². The summed E-state index contributed by atoms with van der Waals surface area (Å²) < 4.78 is 45.7. The Labute approximate surface area is 193 Å². The van der Waals surface area contributed by atoms with E-state index in [2.05, 4.69) is 5.32 Å². The fraction of sp³-hybridized carbons (Fsp3) is 0.480. The van der Waals surface area contributed by atoms with Crippen molar-refractivity contribution in [2.75, 3.05) is 44.9 Å². The molecule has 1 N–H and O–H groups in total. The molecule has 2 aliphatic rings. The third-order valence-corrected chi connectivity index (χ3v) is 6.48. The zero-order valence-electron chi connectivity index (χ0n) is 18.8. The first-order valence-electron chi connectivity index (χ1n) is 11.2. The summed E-state index contributed by atoms with van der Waals surface area (Å²) >= 11 is 0. The number of nitrogens with one attached hydrogen (secondary N) is 1. The topological polar surface area (TPSA) is 66.8 Å². The van der Waals surface area contributed by atoms with Gasteiger partial charge in [-0.25, -0.2) is 8.78 Å². The van der Waals surface area contributed by atoms with Crippen LogP contribution < -0.4 is 15.0 Å². The Balaban J connectivity index is 1.45. The average molecular weight is 458 g/mol. The number of methoxy groups -OCH3 is 1. The number of piperidine rings is 1. The van der Waals surface area contributed by atoms with Crippen LogP contribution in [0.15, 0.2) is 36.4 Å². The monoisotopic (exact) mass is 457 g/mol. The van der Waals surface area contributed by atoms with Crippen LogP contribution in [0.3, 0.4) is 0 Å². The largest absolute Gasteiger partial charge is 0.494 e. The minimum atomic E-state index is -0.584. The molecule has 0 bridgehead atoms. The van der Waals surface area contributed by atoms with Gasteiger partial charge in [-0.15, -0.1) is 0 Å². The number of hydrogen-bond donors (Lipinski definition) is 1. The molecule has 0 aromatic heterocycles. The third kappa shape index (κ3) is 5.61. The van der Waals surface area contributed by atoms with Crippen LogP contribution in [0.4, 0.5) is 14.5 Å². The number of anilines is 1. The highest BCUT2D eigenvalue weighted by Crippen LogP contribution is 2.34. The van der Waals surface area contributed by atoms with Crippen LogP contribution >= 0.6 is 0 Å². The Morgan fingerprint density at radius 2 is 1.88 bits per heavy atom. The molecule has 176 valence electrons. The van der Waals surface area contributed by atoms with Gasteiger partial charge in [0.15, 0.2) is 17.9 Å². The number of nitriles is 1. The van der Waals surface area contributed by atoms with Gasteiger partial charge in [0.25, 0.3) is 0 Å². The lowest BCUT2D eigenvalue weighted by molar-refractivity contribution is -0.235. The minimum absolute atomic E-state index is 0.0135. The van der Waals surface area contributed by atoms with E-state index in [1.165, 1.54) is 25.3 Å². The van der Waals surface area contributed by atoms with E-state index in [1.54, 1.807) is 18.2 Å². The van der Waals surface area contributed by atoms with E-state index in [-0.39, 0.29) is 23.0 Å². The fourth-order valence-electron chi connectivity index (χ4n) is 4.42. The first-order valence-corrected chi connectivity index (χ1v) is 11.2. The predicted octanol–water partition coefficient (Wildman–Crippen LogP) is 3.98. The van der Waals surface area contributed by atoms with Gasteiger partial charge < -0.3 is 24.4 Å². The molecule has 8 heteroatoms. The highest BCUT2D eigenvalue weighted by Gasteiger charge is 2.37. The maximum atomic E-state index is 14.3. The van der Waals surface area contributed by atoms with E-state index in [9.17, 15) is 8.78 Å². The molecule has 0 atom stereocenters. The van der Waals surface area contributed by atoms with Gasteiger partial charge in [0.2, 0.25) is 0 Å². The van der Waals surface area contributed by atoms with Crippen LogP contribution in [0.5, 0.6) is 5.75 Å². The maximum absolute atomic E-state index is 14.3. The van der Waals surface area contributed by atoms with Crippen molar-refractivity contribution in [2.45, 2.75) is 32.1 Å². The van der Waals surface area contributed by atoms with Crippen LogP contribution in [0.2, 0.25) is 0 Å². The smallest absolute Gasteiger partial charge is 0.165 e. The lowest BCUT2D eigenvalue weighted by Gasteiger charge is -2.43. The van der Waals surface area contributed by atoms with Crippen molar-refractivity contribution in [3.8, 4) is 11.8 Å². The summed E-state index contributed by atoms with van der Waals surface area (Å²) in [5, 5.41) is 12.4. The van der Waals surface area contributed by atoms with Crippen molar-refractivity contribution in [1.29, 1.82) is 5.26 Å². The molecule has 2 aromatic carbocycles. The van der Waals surface area contributed by atoms with Gasteiger partial charge in [-0.2, -0.15) is 5.26 Å². The summed E-state index contributed by atoms with van der Waals surface area (Å²) in [6.07, 6.45) is 2.32. The SMILES string of the molecule is COc1ccc(CN(CCC2OCC3(CCNCC3)CO2)c2ccc(C#N)c(F)c2)cc1F. The van der Waals surface area contributed by atoms with Crippen molar-refractivity contribution < 1.29 is 23.0 Å². The second kappa shape index (κ2) is 10.5. The number of rotatable bonds is 7. The zero-order chi connectivity index (χ0) is 23.3. The number of benzene rings is 2. The highest BCUT2D eigenvalue weighted by atomic mass is 19.1. The fourth-order valence-corrected chi connectivity index (χ4v) is 4.42. The first-order chi connectivity index (χ1) is 16.0. The molecule has 33 heavy (non-hydrogen) atoms. The molecule has 4 rings (SSSR count). The van der Waals surface area contributed by atoms with Crippen LogP contribution in [0.1, 0.15) is 30.4 Å². The Bertz CT molecular complexity index is 995. The molecular weight excluding hydrogens is 428 g/mol. The van der Waals surface area contributed by atoms with Crippen LogP contribution in [-0.2, 0) is 16.0 Å². The van der Waals surface area contributed by atoms with Crippen molar-refractivity contribution in [1.82, 2.24) is 5.32 Å². The standard InChI is InChI=1S/C25H29F2N3O3/c1-31-23-5-2-18(12-22(23)27)15-30(20-4-3-19(14-28)21(26)13-20)11-6-24-32-16-25(17-33-24)7-9-29-10-8-25/h2-5,12-13,24,29H,6-11,15-17H2,1H3. The highest BCUT2D eigenvalue weighted by molar-refractivity contribution is 5.51. The summed E-state index contributed by atoms with van der Waals surface area (Å²) in [7, 11) is 1.42. The van der Waals surface area contributed by atoms with Crippen molar-refractivity contribution in [2.24, 2.45) is 5.41 Å². The molecule has 2 aromatic rings. The molecule has 6 nitrogen and oxygen atoms in total. The van der Waals surface area contributed by atoms with Crippen LogP contribution in [0, 0.1) is 28.4 Å². The van der Waals surface area contributed by atoms with Crippen molar-refractivity contribution >= 4 is 5.69 Å². The Morgan fingerprint density at radius 3 is 2.52 bits per heavy atom. The number of nitrogens with zero attached hydrogens (tertiary/aromatic N) is 2. The molecule has 0 amide bonds. The van der Waals surface area contributed by atoms with E-state index in [1.807, 2.05) is 11.0 Å². The minimum Gasteiger partial charge on any atom is -0.494 e. The molecule has 2 saturated heterocycles. The zero-order valence-corrected chi connectivity index (χ0v) is 18.8. The summed E-state index contributed by atoms with van der Waals surface area (Å²) in [6, 6.07) is 11.1. The molecule has 2 fully saturated rings. The van der Waals surface area contributed by atoms with Gasteiger partial charge in [0, 0.05) is 30.6 Å². The van der Waals surface area contributed by atoms with Crippen LogP contribution in [-0.4, -0.2) is 46.2 Å². The number of ether oxygens (including phenoxy) is 3. The van der Waals surface area contributed by atoms with Crippen molar-refractivity contribution in [3.05, 3.63) is 59.2 Å². The molecule has 0 aliphatic carbocycles. The van der Waals surface area contributed by atoms with E-state index < -0.39 is 11.6 Å². The summed E-state index contributed by atoms with van der Waals surface area (Å²) in [6.45, 7) is 4.18. The Hall–Kier alpha value is -2.73. The van der Waals surface area contributed by atoms with E-state index in [4.69, 9.17) is 19.5 Å². The number of hydrogen-bond acceptors (Lipinski definition) is 6. The quantitative estimate of drug-likeness (QED) is 0.678. The van der Waals surface area contributed by atoms with Crippen molar-refractivity contribution in [3.63, 3.8) is 0 Å². The average Bonchev–Trinajstić information content (AvgIpc) is 2.83. The first kappa shape index (κ1) is 23.4. The molecule has 2 aliphatic heterocycles. The van der Waals surface area contributed by atoms with E-state index in [0.717, 1.165) is 31.5 Å². The Kier molecular flexibility index (Phi) is 7.43. The van der Waals surface area contributed by atoms with E-state index >= 15 is 0 Å². The van der Waals surface area contributed by atoms with Gasteiger partial charge in [-0.1, -0.05) is 6.07 Å². The summed E-state index contributed by atoms with van der Waals surface area (Å²) in [4.78, 5) is 1.94. The molecule has 0 radical (unpaired) electrons. The van der Waals surface area contributed by atoms with Gasteiger partial charge in [0.1, 0.15) is 11.9 Å².